The van der Waals surface area contributed by atoms with E-state index >= 15 is 0 Å². The van der Waals surface area contributed by atoms with Crippen molar-refractivity contribution < 1.29 is 14.3 Å². The number of benzene rings is 2. The van der Waals surface area contributed by atoms with Crippen molar-refractivity contribution in [3.05, 3.63) is 53.6 Å². The number of guanidine groups is 1. The highest BCUT2D eigenvalue weighted by molar-refractivity contribution is 5.90. The van der Waals surface area contributed by atoms with Crippen molar-refractivity contribution in [3.63, 3.8) is 0 Å². The van der Waals surface area contributed by atoms with Crippen molar-refractivity contribution in [1.29, 1.82) is 0 Å². The average molecular weight is 427 g/mol. The Labute approximate surface area is 185 Å². The molecule has 7 nitrogen and oxygen atoms in total. The van der Waals surface area contributed by atoms with Gasteiger partial charge in [-0.1, -0.05) is 25.1 Å². The molecule has 0 unspecified atom stereocenters. The van der Waals surface area contributed by atoms with Crippen LogP contribution in [-0.2, 0) is 17.8 Å². The lowest BCUT2D eigenvalue weighted by atomic mass is 10.1. The summed E-state index contributed by atoms with van der Waals surface area (Å²) in [6.45, 7) is 6.10. The zero-order valence-corrected chi connectivity index (χ0v) is 19.0. The Morgan fingerprint density at radius 1 is 0.935 bits per heavy atom. The maximum atomic E-state index is 11.7. The quantitative estimate of drug-likeness (QED) is 0.377. The predicted octanol–water partition coefficient (Wildman–Crippen LogP) is 3.74. The van der Waals surface area contributed by atoms with Crippen LogP contribution >= 0.6 is 0 Å². The Hall–Kier alpha value is -3.22. The fraction of sp³-hybridized carbons (Fsp3) is 0.417. The van der Waals surface area contributed by atoms with E-state index in [1.165, 1.54) is 0 Å². The van der Waals surface area contributed by atoms with Gasteiger partial charge in [-0.3, -0.25) is 4.79 Å². The van der Waals surface area contributed by atoms with Crippen molar-refractivity contribution in [2.75, 3.05) is 32.6 Å². The fourth-order valence-corrected chi connectivity index (χ4v) is 3.02. The Balaban J connectivity index is 1.89. The van der Waals surface area contributed by atoms with E-state index in [0.29, 0.717) is 13.0 Å². The number of carbonyl (C=O) groups excluding carboxylic acids is 1. The van der Waals surface area contributed by atoms with Gasteiger partial charge < -0.3 is 25.4 Å². The number of hydrogen-bond donors (Lipinski definition) is 3. The molecule has 0 aliphatic carbocycles. The predicted molar refractivity (Wildman–Crippen MR) is 126 cm³/mol. The van der Waals surface area contributed by atoms with Crippen molar-refractivity contribution in [2.45, 2.75) is 39.7 Å². The molecule has 1 amide bonds. The Bertz CT molecular complexity index is 850. The number of carbonyl (C=O) groups is 1. The number of aliphatic imine (C=N–C) groups is 1. The van der Waals surface area contributed by atoms with Crippen LogP contribution in [0.25, 0.3) is 0 Å². The molecule has 2 rings (SSSR count). The zero-order chi connectivity index (χ0) is 22.5. The highest BCUT2D eigenvalue weighted by atomic mass is 16.5. The molecule has 0 heterocycles. The zero-order valence-electron chi connectivity index (χ0n) is 19.0. The van der Waals surface area contributed by atoms with E-state index in [4.69, 9.17) is 9.47 Å². The van der Waals surface area contributed by atoms with Crippen LogP contribution in [0.4, 0.5) is 5.69 Å². The van der Waals surface area contributed by atoms with Gasteiger partial charge in [-0.25, -0.2) is 4.99 Å². The third-order valence-electron chi connectivity index (χ3n) is 4.63. The first-order valence-electron chi connectivity index (χ1n) is 10.7. The second kappa shape index (κ2) is 13.2. The van der Waals surface area contributed by atoms with Gasteiger partial charge in [0.2, 0.25) is 5.91 Å². The van der Waals surface area contributed by atoms with Crippen LogP contribution in [0.2, 0.25) is 0 Å². The number of nitrogens with one attached hydrogen (secondary N) is 3. The van der Waals surface area contributed by atoms with E-state index in [9.17, 15) is 4.79 Å². The minimum Gasteiger partial charge on any atom is -0.493 e. The maximum Gasteiger partial charge on any atom is 0.224 e. The topological polar surface area (TPSA) is 84.0 Å². The standard InChI is InChI=1S/C24H34N4O3/c1-5-7-23(29)28-20-11-8-19(9-12-20)17-27-24(25-6-2)26-15-14-18-10-13-21(30-3)22(16-18)31-4/h8-13,16H,5-7,14-15,17H2,1-4H3,(H,28,29)(H2,25,26,27). The van der Waals surface area contributed by atoms with E-state index in [2.05, 4.69) is 20.9 Å². The first-order valence-corrected chi connectivity index (χ1v) is 10.7. The van der Waals surface area contributed by atoms with Crippen molar-refractivity contribution >= 4 is 17.6 Å². The molecule has 0 aliphatic rings. The monoisotopic (exact) mass is 426 g/mol. The first kappa shape index (κ1) is 24.1. The van der Waals surface area contributed by atoms with E-state index in [1.54, 1.807) is 14.2 Å². The molecule has 31 heavy (non-hydrogen) atoms. The lowest BCUT2D eigenvalue weighted by molar-refractivity contribution is -0.116. The molecule has 168 valence electrons. The van der Waals surface area contributed by atoms with Crippen molar-refractivity contribution in [1.82, 2.24) is 10.6 Å². The number of nitrogens with zero attached hydrogens (tertiary/aromatic N) is 1. The first-order chi connectivity index (χ1) is 15.1. The number of anilines is 1. The maximum absolute atomic E-state index is 11.7. The molecule has 0 fully saturated rings. The Morgan fingerprint density at radius 3 is 2.29 bits per heavy atom. The highest BCUT2D eigenvalue weighted by Crippen LogP contribution is 2.27. The van der Waals surface area contributed by atoms with Crippen LogP contribution in [0, 0.1) is 0 Å². The van der Waals surface area contributed by atoms with Gasteiger partial charge in [0.1, 0.15) is 0 Å². The van der Waals surface area contributed by atoms with Gasteiger partial charge in [-0.15, -0.1) is 0 Å². The largest absolute Gasteiger partial charge is 0.493 e. The minimum absolute atomic E-state index is 0.0429. The molecule has 2 aromatic rings. The van der Waals surface area contributed by atoms with Crippen molar-refractivity contribution in [3.8, 4) is 11.5 Å². The molecule has 0 saturated heterocycles. The third kappa shape index (κ3) is 8.20. The smallest absolute Gasteiger partial charge is 0.224 e. The van der Waals surface area contributed by atoms with Crippen molar-refractivity contribution in [2.24, 2.45) is 4.99 Å². The molecule has 7 heteroatoms. The van der Waals surface area contributed by atoms with Gasteiger partial charge in [-0.2, -0.15) is 0 Å². The van der Waals surface area contributed by atoms with Gasteiger partial charge in [0.25, 0.3) is 0 Å². The summed E-state index contributed by atoms with van der Waals surface area (Å²) in [6, 6.07) is 13.7. The van der Waals surface area contributed by atoms with E-state index < -0.39 is 0 Å². The van der Waals surface area contributed by atoms with Crippen LogP contribution in [0.1, 0.15) is 37.8 Å². The molecule has 2 aromatic carbocycles. The molecule has 0 radical (unpaired) electrons. The minimum atomic E-state index is 0.0429. The average Bonchev–Trinajstić information content (AvgIpc) is 2.78. The van der Waals surface area contributed by atoms with E-state index in [1.807, 2.05) is 56.3 Å². The lowest BCUT2D eigenvalue weighted by Gasteiger charge is -2.13. The molecule has 0 aromatic heterocycles. The van der Waals surface area contributed by atoms with Crippen LogP contribution in [0.3, 0.4) is 0 Å². The summed E-state index contributed by atoms with van der Waals surface area (Å²) in [7, 11) is 3.27. The van der Waals surface area contributed by atoms with Gasteiger partial charge in [0, 0.05) is 25.2 Å². The molecule has 0 bridgehead atoms. The second-order valence-electron chi connectivity index (χ2n) is 7.06. The number of rotatable bonds is 11. The number of hydrogen-bond acceptors (Lipinski definition) is 4. The summed E-state index contributed by atoms with van der Waals surface area (Å²) in [6.07, 6.45) is 2.20. The van der Waals surface area contributed by atoms with E-state index in [0.717, 1.165) is 60.2 Å². The number of methoxy groups -OCH3 is 2. The fourth-order valence-electron chi connectivity index (χ4n) is 3.02. The molecule has 0 atom stereocenters. The summed E-state index contributed by atoms with van der Waals surface area (Å²) >= 11 is 0. The normalized spacial score (nSPS) is 11.0. The summed E-state index contributed by atoms with van der Waals surface area (Å²) in [5.41, 5.74) is 3.04. The van der Waals surface area contributed by atoms with Crippen LogP contribution < -0.4 is 25.4 Å². The SMILES string of the molecule is CCCC(=O)Nc1ccc(CN=C(NCC)NCCc2ccc(OC)c(OC)c2)cc1. The Kier molecular flexibility index (Phi) is 10.2. The molecule has 0 saturated carbocycles. The summed E-state index contributed by atoms with van der Waals surface area (Å²) in [5, 5.41) is 9.53. The molecule has 3 N–H and O–H groups in total. The lowest BCUT2D eigenvalue weighted by Crippen LogP contribution is -2.38. The van der Waals surface area contributed by atoms with Crippen LogP contribution in [0.15, 0.2) is 47.5 Å². The Morgan fingerprint density at radius 2 is 1.65 bits per heavy atom. The number of ether oxygens (including phenoxy) is 2. The van der Waals surface area contributed by atoms with Gasteiger partial charge in [-0.05, 0) is 55.2 Å². The molecular formula is C24H34N4O3. The number of amides is 1. The molecular weight excluding hydrogens is 392 g/mol. The highest BCUT2D eigenvalue weighted by Gasteiger charge is 2.05. The summed E-state index contributed by atoms with van der Waals surface area (Å²) in [4.78, 5) is 16.4. The van der Waals surface area contributed by atoms with Crippen LogP contribution in [0.5, 0.6) is 11.5 Å². The van der Waals surface area contributed by atoms with Gasteiger partial charge in [0.05, 0.1) is 20.8 Å². The van der Waals surface area contributed by atoms with E-state index in [-0.39, 0.29) is 5.91 Å². The molecule has 0 spiro atoms. The third-order valence-corrected chi connectivity index (χ3v) is 4.63. The van der Waals surface area contributed by atoms with Gasteiger partial charge >= 0.3 is 0 Å². The summed E-state index contributed by atoms with van der Waals surface area (Å²) in [5.74, 6) is 2.27. The molecule has 0 aliphatic heterocycles. The van der Waals surface area contributed by atoms with Crippen LogP contribution in [-0.4, -0.2) is 39.2 Å². The summed E-state index contributed by atoms with van der Waals surface area (Å²) < 4.78 is 10.7. The van der Waals surface area contributed by atoms with Gasteiger partial charge in [0.15, 0.2) is 17.5 Å². The second-order valence-corrected chi connectivity index (χ2v) is 7.06.